The zero-order valence-electron chi connectivity index (χ0n) is 49.4. The van der Waals surface area contributed by atoms with E-state index in [1.54, 1.807) is 6.08 Å². The molecular weight excluding hydrogens is 899 g/mol. The second-order valence-corrected chi connectivity index (χ2v) is 22.8. The number of carbonyl (C=O) groups excluding carboxylic acids is 2. The van der Waals surface area contributed by atoms with Gasteiger partial charge in [0.1, 0.15) is 0 Å². The number of unbranched alkanes of at least 4 members (excludes halogenated alkanes) is 49. The summed E-state index contributed by atoms with van der Waals surface area (Å²) in [6.45, 7) is 4.91. The Labute approximate surface area is 456 Å². The van der Waals surface area contributed by atoms with Crippen molar-refractivity contribution in [2.75, 3.05) is 13.2 Å². The Morgan fingerprint density at radius 3 is 0.973 bits per heavy atom. The molecule has 1 amide bonds. The number of esters is 1. The fourth-order valence-electron chi connectivity index (χ4n) is 10.4. The number of carbonyl (C=O) groups is 2. The lowest BCUT2D eigenvalue weighted by molar-refractivity contribution is -0.143. The third-order valence-corrected chi connectivity index (χ3v) is 15.5. The fraction of sp³-hybridized carbons (Fsp3) is 0.910. The molecule has 2 unspecified atom stereocenters. The lowest BCUT2D eigenvalue weighted by Crippen LogP contribution is -2.45. The normalized spacial score (nSPS) is 12.7. The summed E-state index contributed by atoms with van der Waals surface area (Å²) in [5.74, 6) is -0.0484. The molecule has 3 N–H and O–H groups in total. The van der Waals surface area contributed by atoms with Gasteiger partial charge in [-0.3, -0.25) is 9.59 Å². The summed E-state index contributed by atoms with van der Waals surface area (Å²) < 4.78 is 5.51. The highest BCUT2D eigenvalue weighted by atomic mass is 16.5. The van der Waals surface area contributed by atoms with Crippen LogP contribution in [0.1, 0.15) is 367 Å². The standard InChI is InChI=1S/C67H129NO5/c1-3-5-7-9-11-13-15-16-17-18-32-35-38-41-45-49-53-57-61-67(72)73-62-58-54-50-46-42-39-36-33-30-28-26-24-22-20-19-21-23-25-27-29-31-34-37-40-44-48-52-56-60-66(71)68-64(63-69)65(70)59-55-51-47-43-14-12-10-8-6-4-2/h19-20,55,59,64-65,69-70H,3-18,21-54,56-58,60-63H2,1-2H3,(H,68,71)/b20-19-,59-55+. The van der Waals surface area contributed by atoms with Gasteiger partial charge >= 0.3 is 5.97 Å². The molecule has 0 radical (unpaired) electrons. The molecule has 2 atom stereocenters. The molecule has 0 aliphatic rings. The lowest BCUT2D eigenvalue weighted by atomic mass is 10.0. The maximum Gasteiger partial charge on any atom is 0.305 e. The molecule has 0 rings (SSSR count). The van der Waals surface area contributed by atoms with Crippen molar-refractivity contribution in [3.05, 3.63) is 24.3 Å². The second kappa shape index (κ2) is 62.9. The van der Waals surface area contributed by atoms with E-state index in [1.165, 1.54) is 302 Å². The van der Waals surface area contributed by atoms with E-state index >= 15 is 0 Å². The van der Waals surface area contributed by atoms with Crippen LogP contribution in [0.25, 0.3) is 0 Å². The third kappa shape index (κ3) is 59.4. The van der Waals surface area contributed by atoms with Crippen molar-refractivity contribution in [2.45, 2.75) is 379 Å². The number of rotatable bonds is 62. The van der Waals surface area contributed by atoms with E-state index in [2.05, 4.69) is 31.3 Å². The van der Waals surface area contributed by atoms with Crippen molar-refractivity contribution in [1.82, 2.24) is 5.32 Å². The van der Waals surface area contributed by atoms with Crippen LogP contribution in [0.3, 0.4) is 0 Å². The Bertz CT molecular complexity index is 1140. The maximum absolute atomic E-state index is 12.4. The quantitative estimate of drug-likeness (QED) is 0.0320. The van der Waals surface area contributed by atoms with E-state index in [1.807, 2.05) is 6.08 Å². The van der Waals surface area contributed by atoms with E-state index in [0.29, 0.717) is 19.4 Å². The predicted octanol–water partition coefficient (Wildman–Crippen LogP) is 21.0. The van der Waals surface area contributed by atoms with E-state index in [-0.39, 0.29) is 18.5 Å². The SMILES string of the molecule is CCCCCCCCCC/C=C/C(O)C(CO)NC(=O)CCCCCCCCCCCCCC/C=C\CCCCCCCCCCCCCCOC(=O)CCCCCCCCCCCCCCCCCCCC. The first kappa shape index (κ1) is 71.3. The van der Waals surface area contributed by atoms with Gasteiger partial charge in [0.15, 0.2) is 0 Å². The van der Waals surface area contributed by atoms with Gasteiger partial charge in [-0.05, 0) is 57.8 Å². The summed E-state index contributed by atoms with van der Waals surface area (Å²) in [6.07, 6.45) is 78.2. The summed E-state index contributed by atoms with van der Waals surface area (Å²) in [7, 11) is 0. The topological polar surface area (TPSA) is 95.9 Å². The third-order valence-electron chi connectivity index (χ3n) is 15.5. The smallest absolute Gasteiger partial charge is 0.305 e. The number of hydrogen-bond acceptors (Lipinski definition) is 5. The molecule has 0 spiro atoms. The van der Waals surface area contributed by atoms with Gasteiger partial charge < -0.3 is 20.3 Å². The molecule has 0 bridgehead atoms. The molecular formula is C67H129NO5. The molecule has 0 aromatic heterocycles. The number of ether oxygens (including phenoxy) is 1. The monoisotopic (exact) mass is 1030 g/mol. The maximum atomic E-state index is 12.4. The highest BCUT2D eigenvalue weighted by Crippen LogP contribution is 2.18. The number of hydrogen-bond donors (Lipinski definition) is 3. The van der Waals surface area contributed by atoms with Crippen LogP contribution >= 0.6 is 0 Å². The van der Waals surface area contributed by atoms with Crippen LogP contribution in [0, 0.1) is 0 Å². The van der Waals surface area contributed by atoms with E-state index in [0.717, 1.165) is 38.5 Å². The summed E-state index contributed by atoms with van der Waals surface area (Å²) in [5, 5.41) is 23.0. The van der Waals surface area contributed by atoms with Gasteiger partial charge in [-0.15, -0.1) is 0 Å². The molecule has 0 aromatic rings. The summed E-state index contributed by atoms with van der Waals surface area (Å²) >= 11 is 0. The summed E-state index contributed by atoms with van der Waals surface area (Å²) in [5.41, 5.74) is 0. The average Bonchev–Trinajstić information content (AvgIpc) is 3.39. The Balaban J connectivity index is 3.34. The summed E-state index contributed by atoms with van der Waals surface area (Å²) in [4.78, 5) is 24.5. The zero-order chi connectivity index (χ0) is 52.9. The van der Waals surface area contributed by atoms with Gasteiger partial charge in [0.05, 0.1) is 25.4 Å². The second-order valence-electron chi connectivity index (χ2n) is 22.8. The van der Waals surface area contributed by atoms with Crippen LogP contribution in [0.5, 0.6) is 0 Å². The number of allylic oxidation sites excluding steroid dienone is 3. The highest BCUT2D eigenvalue weighted by molar-refractivity contribution is 5.76. The van der Waals surface area contributed by atoms with E-state index in [9.17, 15) is 19.8 Å². The zero-order valence-corrected chi connectivity index (χ0v) is 49.4. The number of amides is 1. The van der Waals surface area contributed by atoms with Crippen molar-refractivity contribution >= 4 is 11.9 Å². The molecule has 6 heteroatoms. The van der Waals surface area contributed by atoms with Crippen LogP contribution in [0.4, 0.5) is 0 Å². The van der Waals surface area contributed by atoms with Gasteiger partial charge in [0.25, 0.3) is 0 Å². The van der Waals surface area contributed by atoms with Crippen molar-refractivity contribution in [3.63, 3.8) is 0 Å². The molecule has 73 heavy (non-hydrogen) atoms. The van der Waals surface area contributed by atoms with Crippen LogP contribution in [-0.2, 0) is 14.3 Å². The lowest BCUT2D eigenvalue weighted by Gasteiger charge is -2.20. The number of aliphatic hydroxyl groups is 2. The minimum absolute atomic E-state index is 0.0202. The van der Waals surface area contributed by atoms with Crippen molar-refractivity contribution in [3.8, 4) is 0 Å². The molecule has 0 aliphatic carbocycles. The van der Waals surface area contributed by atoms with Crippen molar-refractivity contribution < 1.29 is 24.5 Å². The molecule has 0 aromatic carbocycles. The molecule has 0 saturated carbocycles. The predicted molar refractivity (Wildman–Crippen MR) is 320 cm³/mol. The molecule has 432 valence electrons. The minimum atomic E-state index is -0.842. The number of aliphatic hydroxyl groups excluding tert-OH is 2. The fourth-order valence-corrected chi connectivity index (χ4v) is 10.4. The first-order valence-electron chi connectivity index (χ1n) is 33.1. The van der Waals surface area contributed by atoms with Crippen LogP contribution < -0.4 is 5.32 Å². The highest BCUT2D eigenvalue weighted by Gasteiger charge is 2.18. The first-order valence-corrected chi connectivity index (χ1v) is 33.1. The molecule has 0 fully saturated rings. The summed E-state index contributed by atoms with van der Waals surface area (Å²) in [6, 6.07) is -0.626. The Morgan fingerprint density at radius 2 is 0.644 bits per heavy atom. The van der Waals surface area contributed by atoms with E-state index < -0.39 is 12.1 Å². The number of nitrogens with one attached hydrogen (secondary N) is 1. The van der Waals surface area contributed by atoms with Crippen molar-refractivity contribution in [2.24, 2.45) is 0 Å². The Hall–Kier alpha value is -1.66. The largest absolute Gasteiger partial charge is 0.466 e. The van der Waals surface area contributed by atoms with Gasteiger partial charge in [-0.2, -0.15) is 0 Å². The van der Waals surface area contributed by atoms with Crippen LogP contribution in [-0.4, -0.2) is 47.4 Å². The van der Waals surface area contributed by atoms with Crippen LogP contribution in [0.2, 0.25) is 0 Å². The van der Waals surface area contributed by atoms with Gasteiger partial charge in [-0.1, -0.05) is 321 Å². The van der Waals surface area contributed by atoms with Crippen molar-refractivity contribution in [1.29, 1.82) is 0 Å². The minimum Gasteiger partial charge on any atom is -0.466 e. The van der Waals surface area contributed by atoms with Gasteiger partial charge in [0.2, 0.25) is 5.91 Å². The Morgan fingerprint density at radius 1 is 0.370 bits per heavy atom. The van der Waals surface area contributed by atoms with Crippen LogP contribution in [0.15, 0.2) is 24.3 Å². The van der Waals surface area contributed by atoms with E-state index in [4.69, 9.17) is 4.74 Å². The molecule has 6 nitrogen and oxygen atoms in total. The molecule has 0 heterocycles. The van der Waals surface area contributed by atoms with Gasteiger partial charge in [0, 0.05) is 12.8 Å². The average molecular weight is 1030 g/mol. The first-order chi connectivity index (χ1) is 36.0. The van der Waals surface area contributed by atoms with Gasteiger partial charge in [-0.25, -0.2) is 0 Å². The Kier molecular flexibility index (Phi) is 61.4. The molecule has 0 saturated heterocycles. The molecule has 0 aliphatic heterocycles.